The Morgan fingerprint density at radius 1 is 1.62 bits per heavy atom. The summed E-state index contributed by atoms with van der Waals surface area (Å²) in [4.78, 5) is 2.69. The second-order valence-corrected chi connectivity index (χ2v) is 5.07. The molecule has 1 heterocycles. The third-order valence-corrected chi connectivity index (χ3v) is 2.98. The van der Waals surface area contributed by atoms with E-state index in [1.165, 1.54) is 6.26 Å². The fourth-order valence-electron chi connectivity index (χ4n) is 1.05. The van der Waals surface area contributed by atoms with Gasteiger partial charge in [-0.15, -0.1) is 0 Å². The molecular weight excluding hydrogens is 188 g/mol. The fraction of sp³-hybridized carbons (Fsp3) is 0.500. The van der Waals surface area contributed by atoms with E-state index in [9.17, 15) is 8.42 Å². The van der Waals surface area contributed by atoms with E-state index in [2.05, 4.69) is 4.98 Å². The summed E-state index contributed by atoms with van der Waals surface area (Å²) in [6, 6.07) is 1.50. The first kappa shape index (κ1) is 10.3. The van der Waals surface area contributed by atoms with Crippen LogP contribution < -0.4 is 5.73 Å². The highest BCUT2D eigenvalue weighted by atomic mass is 32.2. The Balaban J connectivity index is 3.00. The quantitative estimate of drug-likeness (QED) is 0.762. The van der Waals surface area contributed by atoms with Crippen molar-refractivity contribution in [3.8, 4) is 0 Å². The lowest BCUT2D eigenvalue weighted by atomic mass is 10.1. The second kappa shape index (κ2) is 3.51. The van der Waals surface area contributed by atoms with Crippen LogP contribution in [0.15, 0.2) is 17.3 Å². The lowest BCUT2D eigenvalue weighted by molar-refractivity contribution is 0.599. The SMILES string of the molecule is CC[C@H](N)c1c[nH]c(S(C)(=O)=O)c1. The Labute approximate surface area is 78.1 Å². The molecule has 0 spiro atoms. The van der Waals surface area contributed by atoms with Gasteiger partial charge < -0.3 is 10.7 Å². The zero-order chi connectivity index (χ0) is 10.1. The van der Waals surface area contributed by atoms with Crippen molar-refractivity contribution in [2.24, 2.45) is 5.73 Å². The average Bonchev–Trinajstić information content (AvgIpc) is 2.50. The first-order valence-electron chi connectivity index (χ1n) is 4.09. The zero-order valence-electron chi connectivity index (χ0n) is 7.74. The Morgan fingerprint density at radius 3 is 2.62 bits per heavy atom. The van der Waals surface area contributed by atoms with E-state index in [4.69, 9.17) is 5.73 Å². The smallest absolute Gasteiger partial charge is 0.190 e. The largest absolute Gasteiger partial charge is 0.352 e. The molecule has 0 radical (unpaired) electrons. The molecule has 0 bridgehead atoms. The number of hydrogen-bond donors (Lipinski definition) is 2. The zero-order valence-corrected chi connectivity index (χ0v) is 8.56. The van der Waals surface area contributed by atoms with E-state index in [0.717, 1.165) is 12.0 Å². The van der Waals surface area contributed by atoms with Crippen molar-refractivity contribution in [2.75, 3.05) is 6.26 Å². The molecular formula is C8H14N2O2S. The molecule has 13 heavy (non-hydrogen) atoms. The number of sulfone groups is 1. The first-order chi connectivity index (χ1) is 5.95. The molecule has 0 saturated heterocycles. The summed E-state index contributed by atoms with van der Waals surface area (Å²) in [6.07, 6.45) is 3.60. The van der Waals surface area contributed by atoms with Crippen LogP contribution in [0, 0.1) is 0 Å². The minimum Gasteiger partial charge on any atom is -0.352 e. The van der Waals surface area contributed by atoms with Gasteiger partial charge in [0.15, 0.2) is 9.84 Å². The van der Waals surface area contributed by atoms with E-state index < -0.39 is 9.84 Å². The maximum atomic E-state index is 11.1. The molecule has 0 aliphatic heterocycles. The topological polar surface area (TPSA) is 76.0 Å². The van der Waals surface area contributed by atoms with Gasteiger partial charge in [-0.3, -0.25) is 0 Å². The van der Waals surface area contributed by atoms with Crippen LogP contribution in [0.5, 0.6) is 0 Å². The Hall–Kier alpha value is -0.810. The highest BCUT2D eigenvalue weighted by Crippen LogP contribution is 2.17. The summed E-state index contributed by atoms with van der Waals surface area (Å²) >= 11 is 0. The molecule has 1 aromatic rings. The van der Waals surface area contributed by atoms with Gasteiger partial charge in [0.25, 0.3) is 0 Å². The predicted octanol–water partition coefficient (Wildman–Crippen LogP) is 0.828. The molecule has 0 fully saturated rings. The van der Waals surface area contributed by atoms with Gasteiger partial charge in [0, 0.05) is 18.5 Å². The Bertz CT molecular complexity index is 381. The number of nitrogens with two attached hydrogens (primary N) is 1. The highest BCUT2D eigenvalue weighted by molar-refractivity contribution is 7.90. The molecule has 74 valence electrons. The summed E-state index contributed by atoms with van der Waals surface area (Å²) < 4.78 is 22.2. The predicted molar refractivity (Wildman–Crippen MR) is 51.1 cm³/mol. The molecule has 1 atom stereocenters. The number of hydrogen-bond acceptors (Lipinski definition) is 3. The van der Waals surface area contributed by atoms with E-state index in [0.29, 0.717) is 0 Å². The van der Waals surface area contributed by atoms with Gasteiger partial charge in [0.1, 0.15) is 5.03 Å². The second-order valence-electron chi connectivity index (χ2n) is 3.08. The van der Waals surface area contributed by atoms with Crippen molar-refractivity contribution >= 4 is 9.84 Å². The molecule has 3 N–H and O–H groups in total. The Kier molecular flexibility index (Phi) is 2.77. The Morgan fingerprint density at radius 2 is 2.23 bits per heavy atom. The number of rotatable bonds is 3. The molecule has 0 aliphatic carbocycles. The van der Waals surface area contributed by atoms with E-state index >= 15 is 0 Å². The molecule has 0 aromatic carbocycles. The van der Waals surface area contributed by atoms with Gasteiger partial charge in [-0.05, 0) is 18.1 Å². The summed E-state index contributed by atoms with van der Waals surface area (Å²) in [5, 5.41) is 0.228. The maximum Gasteiger partial charge on any atom is 0.190 e. The molecule has 5 heteroatoms. The standard InChI is InChI=1S/C8H14N2O2S/c1-3-7(9)6-4-8(10-5-6)13(2,11)12/h4-5,7,10H,3,9H2,1-2H3/t7-/m0/s1. The summed E-state index contributed by atoms with van der Waals surface area (Å²) in [5.74, 6) is 0. The van der Waals surface area contributed by atoms with Gasteiger partial charge in [-0.25, -0.2) is 8.42 Å². The van der Waals surface area contributed by atoms with Gasteiger partial charge in [0.2, 0.25) is 0 Å². The third kappa shape index (κ3) is 2.32. The first-order valence-corrected chi connectivity index (χ1v) is 5.98. The number of aromatic amines is 1. The van der Waals surface area contributed by atoms with Crippen LogP contribution in [0.1, 0.15) is 24.9 Å². The fourth-order valence-corrected chi connectivity index (χ4v) is 1.68. The lowest BCUT2D eigenvalue weighted by Gasteiger charge is -2.03. The third-order valence-electron chi connectivity index (χ3n) is 1.95. The van der Waals surface area contributed by atoms with E-state index in [1.807, 2.05) is 6.92 Å². The number of nitrogens with one attached hydrogen (secondary N) is 1. The molecule has 0 saturated carbocycles. The van der Waals surface area contributed by atoms with E-state index in [-0.39, 0.29) is 11.1 Å². The van der Waals surface area contributed by atoms with Crippen LogP contribution in [0.25, 0.3) is 0 Å². The summed E-state index contributed by atoms with van der Waals surface area (Å²) in [5.41, 5.74) is 6.57. The van der Waals surface area contributed by atoms with Crippen molar-refractivity contribution < 1.29 is 8.42 Å². The van der Waals surface area contributed by atoms with Crippen molar-refractivity contribution in [2.45, 2.75) is 24.4 Å². The minimum absolute atomic E-state index is 0.0910. The van der Waals surface area contributed by atoms with Gasteiger partial charge in [0.05, 0.1) is 0 Å². The monoisotopic (exact) mass is 202 g/mol. The highest BCUT2D eigenvalue weighted by Gasteiger charge is 2.12. The summed E-state index contributed by atoms with van der Waals surface area (Å²) in [6.45, 7) is 1.96. The van der Waals surface area contributed by atoms with Crippen LogP contribution in [0.4, 0.5) is 0 Å². The average molecular weight is 202 g/mol. The van der Waals surface area contributed by atoms with Crippen molar-refractivity contribution in [3.63, 3.8) is 0 Å². The van der Waals surface area contributed by atoms with Crippen LogP contribution in [0.3, 0.4) is 0 Å². The van der Waals surface area contributed by atoms with Crippen molar-refractivity contribution in [1.82, 2.24) is 4.98 Å². The summed E-state index contributed by atoms with van der Waals surface area (Å²) in [7, 11) is -3.13. The molecule has 0 aliphatic rings. The minimum atomic E-state index is -3.13. The lowest BCUT2D eigenvalue weighted by Crippen LogP contribution is -2.07. The van der Waals surface area contributed by atoms with E-state index in [1.54, 1.807) is 12.3 Å². The van der Waals surface area contributed by atoms with Gasteiger partial charge >= 0.3 is 0 Å². The number of H-pyrrole nitrogens is 1. The van der Waals surface area contributed by atoms with Crippen LogP contribution in [-0.4, -0.2) is 19.7 Å². The van der Waals surface area contributed by atoms with Crippen molar-refractivity contribution in [1.29, 1.82) is 0 Å². The molecule has 1 aromatic heterocycles. The van der Waals surface area contributed by atoms with Gasteiger partial charge in [-0.2, -0.15) is 0 Å². The van der Waals surface area contributed by atoms with Crippen LogP contribution in [-0.2, 0) is 9.84 Å². The molecule has 0 amide bonds. The van der Waals surface area contributed by atoms with Crippen LogP contribution in [0.2, 0.25) is 0 Å². The van der Waals surface area contributed by atoms with Gasteiger partial charge in [-0.1, -0.05) is 6.92 Å². The van der Waals surface area contributed by atoms with Crippen LogP contribution >= 0.6 is 0 Å². The maximum absolute atomic E-state index is 11.1. The molecule has 1 rings (SSSR count). The normalized spacial score (nSPS) is 14.4. The molecule has 0 unspecified atom stereocenters. The number of aromatic nitrogens is 1. The molecule has 4 nitrogen and oxygen atoms in total. The van der Waals surface area contributed by atoms with Crippen molar-refractivity contribution in [3.05, 3.63) is 17.8 Å².